The Morgan fingerprint density at radius 2 is 1.81 bits per heavy atom. The molecule has 5 nitrogen and oxygen atoms in total. The molecular weight excluding hydrogens is 419 g/mol. The number of aromatic nitrogens is 1. The summed E-state index contributed by atoms with van der Waals surface area (Å²) >= 11 is 0. The molecule has 1 aliphatic rings. The van der Waals surface area contributed by atoms with Crippen LogP contribution in [0.2, 0.25) is 0 Å². The van der Waals surface area contributed by atoms with Gasteiger partial charge in [0.05, 0.1) is 17.7 Å². The molecule has 0 saturated carbocycles. The monoisotopic (exact) mass is 441 g/mol. The van der Waals surface area contributed by atoms with Gasteiger partial charge >= 0.3 is 6.18 Å². The van der Waals surface area contributed by atoms with Gasteiger partial charge in [0.15, 0.2) is 0 Å². The minimum absolute atomic E-state index is 0.152. The van der Waals surface area contributed by atoms with Crippen molar-refractivity contribution in [1.29, 1.82) is 0 Å². The zero-order valence-corrected chi connectivity index (χ0v) is 17.2. The first kappa shape index (κ1) is 21.7. The van der Waals surface area contributed by atoms with Crippen LogP contribution >= 0.6 is 0 Å². The van der Waals surface area contributed by atoms with Gasteiger partial charge in [0, 0.05) is 37.5 Å². The number of alkyl halides is 3. The predicted octanol–water partition coefficient (Wildman–Crippen LogP) is 4.69. The summed E-state index contributed by atoms with van der Waals surface area (Å²) in [6.07, 6.45) is -3.22. The molecule has 1 amide bonds. The summed E-state index contributed by atoms with van der Waals surface area (Å²) in [7, 11) is 0. The van der Waals surface area contributed by atoms with Gasteiger partial charge in [-0.25, -0.2) is 4.98 Å². The van der Waals surface area contributed by atoms with Gasteiger partial charge in [-0.15, -0.1) is 0 Å². The number of carbonyl (C=O) groups is 1. The van der Waals surface area contributed by atoms with E-state index in [-0.39, 0.29) is 17.9 Å². The van der Waals surface area contributed by atoms with E-state index in [1.165, 1.54) is 6.07 Å². The summed E-state index contributed by atoms with van der Waals surface area (Å²) in [5.41, 5.74) is 1.56. The fraction of sp³-hybridized carbons (Fsp3) is 0.250. The van der Waals surface area contributed by atoms with Crippen LogP contribution in [0.1, 0.15) is 27.9 Å². The molecule has 0 radical (unpaired) electrons. The van der Waals surface area contributed by atoms with E-state index >= 15 is 0 Å². The van der Waals surface area contributed by atoms with Crippen molar-refractivity contribution in [2.75, 3.05) is 18.0 Å². The number of hydrogen-bond donors (Lipinski definition) is 1. The topological polar surface area (TPSA) is 54.5 Å². The minimum atomic E-state index is -4.43. The molecule has 8 heteroatoms. The van der Waals surface area contributed by atoms with E-state index in [0.29, 0.717) is 31.6 Å². The molecule has 32 heavy (non-hydrogen) atoms. The van der Waals surface area contributed by atoms with Crippen LogP contribution in [-0.4, -0.2) is 30.1 Å². The van der Waals surface area contributed by atoms with Crippen LogP contribution in [0.4, 0.5) is 18.9 Å². The summed E-state index contributed by atoms with van der Waals surface area (Å²) in [6.45, 7) is 1.60. The Bertz CT molecular complexity index is 1060. The number of benzene rings is 2. The summed E-state index contributed by atoms with van der Waals surface area (Å²) in [4.78, 5) is 18.6. The van der Waals surface area contributed by atoms with Crippen LogP contribution in [0, 0.1) is 0 Å². The van der Waals surface area contributed by atoms with E-state index in [0.717, 1.165) is 23.5 Å². The van der Waals surface area contributed by atoms with E-state index in [2.05, 4.69) is 10.3 Å². The second-order valence-corrected chi connectivity index (χ2v) is 7.54. The van der Waals surface area contributed by atoms with E-state index in [1.807, 2.05) is 53.4 Å². The SMILES string of the molecule is O=C(NCc1ccccc1)c1ccccc1N1CCC(Oc2ccc(C(F)(F)F)cn2)C1. The third kappa shape index (κ3) is 5.19. The minimum Gasteiger partial charge on any atom is -0.472 e. The van der Waals surface area contributed by atoms with Crippen molar-refractivity contribution < 1.29 is 22.7 Å². The summed E-state index contributed by atoms with van der Waals surface area (Å²) in [5.74, 6) is -0.0167. The van der Waals surface area contributed by atoms with Crippen LogP contribution in [0.5, 0.6) is 5.88 Å². The average Bonchev–Trinajstić information content (AvgIpc) is 3.26. The molecule has 3 aromatic rings. The van der Waals surface area contributed by atoms with E-state index in [4.69, 9.17) is 4.74 Å². The number of hydrogen-bond acceptors (Lipinski definition) is 4. The highest BCUT2D eigenvalue weighted by Crippen LogP contribution is 2.30. The molecule has 1 aliphatic heterocycles. The van der Waals surface area contributed by atoms with Crippen molar-refractivity contribution in [3.63, 3.8) is 0 Å². The number of para-hydroxylation sites is 1. The largest absolute Gasteiger partial charge is 0.472 e. The van der Waals surface area contributed by atoms with Crippen LogP contribution in [0.3, 0.4) is 0 Å². The van der Waals surface area contributed by atoms with Crippen LogP contribution < -0.4 is 15.0 Å². The van der Waals surface area contributed by atoms with Crippen molar-refractivity contribution in [3.05, 3.63) is 89.6 Å². The van der Waals surface area contributed by atoms with Crippen LogP contribution in [-0.2, 0) is 12.7 Å². The number of anilines is 1. The quantitative estimate of drug-likeness (QED) is 0.603. The molecule has 1 aromatic heterocycles. The lowest BCUT2D eigenvalue weighted by atomic mass is 10.1. The van der Waals surface area contributed by atoms with Crippen molar-refractivity contribution in [2.24, 2.45) is 0 Å². The molecule has 2 aromatic carbocycles. The summed E-state index contributed by atoms with van der Waals surface area (Å²) in [6, 6.07) is 19.2. The highest BCUT2D eigenvalue weighted by Gasteiger charge is 2.31. The normalized spacial score (nSPS) is 16.1. The molecule has 1 fully saturated rings. The number of amides is 1. The van der Waals surface area contributed by atoms with E-state index in [1.54, 1.807) is 6.07 Å². The van der Waals surface area contributed by atoms with Gasteiger partial charge in [-0.2, -0.15) is 13.2 Å². The van der Waals surface area contributed by atoms with Gasteiger partial charge in [0.2, 0.25) is 5.88 Å². The molecule has 1 atom stereocenters. The summed E-state index contributed by atoms with van der Waals surface area (Å²) in [5, 5.41) is 2.95. The molecular formula is C24H22F3N3O2. The number of nitrogens with zero attached hydrogens (tertiary/aromatic N) is 2. The van der Waals surface area contributed by atoms with Crippen LogP contribution in [0.15, 0.2) is 72.9 Å². The fourth-order valence-electron chi connectivity index (χ4n) is 3.65. The Balaban J connectivity index is 1.39. The second-order valence-electron chi connectivity index (χ2n) is 7.54. The Morgan fingerprint density at radius 1 is 1.06 bits per heavy atom. The number of rotatable bonds is 6. The van der Waals surface area contributed by atoms with Gasteiger partial charge in [0.25, 0.3) is 5.91 Å². The first-order valence-electron chi connectivity index (χ1n) is 10.3. The average molecular weight is 441 g/mol. The molecule has 2 heterocycles. The van der Waals surface area contributed by atoms with Gasteiger partial charge in [-0.3, -0.25) is 4.79 Å². The number of pyridine rings is 1. The van der Waals surface area contributed by atoms with Crippen molar-refractivity contribution >= 4 is 11.6 Å². The van der Waals surface area contributed by atoms with Crippen molar-refractivity contribution in [3.8, 4) is 5.88 Å². The third-order valence-corrected chi connectivity index (χ3v) is 5.28. The molecule has 1 unspecified atom stereocenters. The number of carbonyl (C=O) groups excluding carboxylic acids is 1. The van der Waals surface area contributed by atoms with E-state index in [9.17, 15) is 18.0 Å². The van der Waals surface area contributed by atoms with Crippen molar-refractivity contribution in [2.45, 2.75) is 25.2 Å². The second kappa shape index (κ2) is 9.30. The Kier molecular flexibility index (Phi) is 6.30. The zero-order valence-electron chi connectivity index (χ0n) is 17.2. The molecule has 166 valence electrons. The highest BCUT2D eigenvalue weighted by atomic mass is 19.4. The van der Waals surface area contributed by atoms with Crippen LogP contribution in [0.25, 0.3) is 0 Å². The Hall–Kier alpha value is -3.55. The molecule has 0 bridgehead atoms. The highest BCUT2D eigenvalue weighted by molar-refractivity contribution is 5.99. The standard InChI is InChI=1S/C24H22F3N3O2/c25-24(26,27)18-10-11-22(28-15-18)32-19-12-13-30(16-19)21-9-5-4-8-20(21)23(31)29-14-17-6-2-1-3-7-17/h1-11,15,19H,12-14,16H2,(H,29,31). The molecule has 1 N–H and O–H groups in total. The maximum atomic E-state index is 12.8. The van der Waals surface area contributed by atoms with Gasteiger partial charge in [0.1, 0.15) is 6.10 Å². The zero-order chi connectivity index (χ0) is 22.6. The lowest BCUT2D eigenvalue weighted by molar-refractivity contribution is -0.137. The van der Waals surface area contributed by atoms with E-state index < -0.39 is 11.7 Å². The maximum Gasteiger partial charge on any atom is 0.417 e. The number of halogens is 3. The predicted molar refractivity (Wildman–Crippen MR) is 115 cm³/mol. The van der Waals surface area contributed by atoms with Crippen molar-refractivity contribution in [1.82, 2.24) is 10.3 Å². The lowest BCUT2D eigenvalue weighted by Gasteiger charge is -2.22. The molecule has 0 spiro atoms. The van der Waals surface area contributed by atoms with Gasteiger partial charge in [-0.1, -0.05) is 42.5 Å². The first-order valence-corrected chi connectivity index (χ1v) is 10.3. The lowest BCUT2D eigenvalue weighted by Crippen LogP contribution is -2.29. The smallest absolute Gasteiger partial charge is 0.417 e. The molecule has 0 aliphatic carbocycles. The molecule has 1 saturated heterocycles. The Morgan fingerprint density at radius 3 is 2.53 bits per heavy atom. The van der Waals surface area contributed by atoms with Gasteiger partial charge in [-0.05, 0) is 23.8 Å². The number of nitrogens with one attached hydrogen (secondary N) is 1. The van der Waals surface area contributed by atoms with Gasteiger partial charge < -0.3 is 15.0 Å². The Labute approximate surface area is 183 Å². The maximum absolute atomic E-state index is 12.8. The number of ether oxygens (including phenoxy) is 1. The summed E-state index contributed by atoms with van der Waals surface area (Å²) < 4.78 is 43.9. The first-order chi connectivity index (χ1) is 15.4. The molecule has 4 rings (SSSR count). The third-order valence-electron chi connectivity index (χ3n) is 5.28. The fourth-order valence-corrected chi connectivity index (χ4v) is 3.65.